The van der Waals surface area contributed by atoms with E-state index < -0.39 is 28.8 Å². The zero-order valence-electron chi connectivity index (χ0n) is 16.3. The number of rotatable bonds is 7. The van der Waals surface area contributed by atoms with Crippen LogP contribution in [0.4, 0.5) is 18.9 Å². The minimum Gasteiger partial charge on any atom is -0.458 e. The number of aryl methyl sites for hydroxylation is 2. The zero-order chi connectivity index (χ0) is 21.9. The number of ether oxygens (including phenoxy) is 1. The fourth-order valence-electron chi connectivity index (χ4n) is 2.44. The lowest BCUT2D eigenvalue weighted by atomic mass is 10.3. The first-order chi connectivity index (χ1) is 13.4. The Balaban J connectivity index is 2.11. The first-order valence-electron chi connectivity index (χ1n) is 8.82. The topological polar surface area (TPSA) is 91.0 Å². The number of carbonyl (C=O) groups is 2. The summed E-state index contributed by atoms with van der Waals surface area (Å²) in [6.45, 7) is 6.88. The zero-order valence-corrected chi connectivity index (χ0v) is 17.1. The molecule has 2 rings (SSSR count). The molecule has 0 aromatic carbocycles. The Bertz CT molecular complexity index is 905. The van der Waals surface area contributed by atoms with Crippen molar-refractivity contribution in [1.82, 2.24) is 19.6 Å². The van der Waals surface area contributed by atoms with Crippen LogP contribution in [0, 0.1) is 6.92 Å². The summed E-state index contributed by atoms with van der Waals surface area (Å²) in [7, 11) is 0. The molecule has 160 valence electrons. The summed E-state index contributed by atoms with van der Waals surface area (Å²) in [5.74, 6) is -1.22. The molecule has 1 amide bonds. The van der Waals surface area contributed by atoms with E-state index >= 15 is 0 Å². The van der Waals surface area contributed by atoms with Gasteiger partial charge in [-0.05, 0) is 27.7 Å². The predicted octanol–water partition coefficient (Wildman–Crippen LogP) is 3.67. The molecular formula is C17H21ClF3N5O3. The molecule has 0 radical (unpaired) electrons. The molecule has 0 bridgehead atoms. The van der Waals surface area contributed by atoms with E-state index in [0.29, 0.717) is 6.54 Å². The number of nitrogens with one attached hydrogen (secondary N) is 1. The molecule has 0 aliphatic heterocycles. The molecule has 2 aromatic heterocycles. The molecule has 0 saturated carbocycles. The summed E-state index contributed by atoms with van der Waals surface area (Å²) in [4.78, 5) is 24.4. The first-order valence-corrected chi connectivity index (χ1v) is 9.20. The number of carbonyl (C=O) groups excluding carboxylic acids is 2. The van der Waals surface area contributed by atoms with E-state index in [-0.39, 0.29) is 36.1 Å². The number of alkyl halides is 3. The van der Waals surface area contributed by atoms with Gasteiger partial charge in [-0.15, -0.1) is 0 Å². The average Bonchev–Trinajstić information content (AvgIpc) is 3.14. The molecule has 0 saturated heterocycles. The van der Waals surface area contributed by atoms with Gasteiger partial charge in [0, 0.05) is 19.2 Å². The highest BCUT2D eigenvalue weighted by molar-refractivity contribution is 6.31. The van der Waals surface area contributed by atoms with Gasteiger partial charge >= 0.3 is 12.1 Å². The van der Waals surface area contributed by atoms with E-state index in [1.807, 2.05) is 0 Å². The molecule has 0 fully saturated rings. The Labute approximate surface area is 170 Å². The second-order valence-corrected chi connectivity index (χ2v) is 6.85. The molecule has 2 heterocycles. The Hall–Kier alpha value is -2.56. The van der Waals surface area contributed by atoms with Gasteiger partial charge in [-0.1, -0.05) is 11.6 Å². The van der Waals surface area contributed by atoms with Gasteiger partial charge in [-0.2, -0.15) is 23.4 Å². The third-order valence-electron chi connectivity index (χ3n) is 3.85. The molecule has 1 N–H and O–H groups in total. The van der Waals surface area contributed by atoms with Crippen molar-refractivity contribution in [2.45, 2.75) is 59.5 Å². The molecule has 0 spiro atoms. The van der Waals surface area contributed by atoms with E-state index in [1.165, 1.54) is 17.8 Å². The number of amides is 1. The molecule has 2 aromatic rings. The lowest BCUT2D eigenvalue weighted by Gasteiger charge is -2.08. The van der Waals surface area contributed by atoms with Crippen molar-refractivity contribution < 1.29 is 27.5 Å². The normalized spacial score (nSPS) is 11.8. The summed E-state index contributed by atoms with van der Waals surface area (Å²) in [5.41, 5.74) is -0.980. The largest absolute Gasteiger partial charge is 0.458 e. The molecule has 0 unspecified atom stereocenters. The van der Waals surface area contributed by atoms with Crippen molar-refractivity contribution in [3.05, 3.63) is 28.3 Å². The van der Waals surface area contributed by atoms with Gasteiger partial charge in [-0.3, -0.25) is 14.2 Å². The van der Waals surface area contributed by atoms with Crippen LogP contribution < -0.4 is 5.32 Å². The lowest BCUT2D eigenvalue weighted by Crippen LogP contribution is -2.19. The minimum absolute atomic E-state index is 0.0495. The van der Waals surface area contributed by atoms with Crippen molar-refractivity contribution in [1.29, 1.82) is 0 Å². The van der Waals surface area contributed by atoms with Crippen LogP contribution in [0.5, 0.6) is 0 Å². The van der Waals surface area contributed by atoms with Crippen LogP contribution in [-0.4, -0.2) is 37.5 Å². The van der Waals surface area contributed by atoms with Gasteiger partial charge < -0.3 is 10.1 Å². The lowest BCUT2D eigenvalue weighted by molar-refractivity contribution is -0.141. The van der Waals surface area contributed by atoms with Crippen molar-refractivity contribution in [2.75, 3.05) is 5.32 Å². The summed E-state index contributed by atoms with van der Waals surface area (Å²) in [6.07, 6.45) is -3.76. The van der Waals surface area contributed by atoms with Crippen LogP contribution in [0.15, 0.2) is 6.20 Å². The molecule has 12 heteroatoms. The van der Waals surface area contributed by atoms with E-state index in [4.69, 9.17) is 16.3 Å². The third kappa shape index (κ3) is 5.49. The van der Waals surface area contributed by atoms with Gasteiger partial charge in [0.2, 0.25) is 5.91 Å². The van der Waals surface area contributed by atoms with Crippen LogP contribution in [0.3, 0.4) is 0 Å². The number of halogens is 4. The molecule has 0 atom stereocenters. The minimum atomic E-state index is -4.68. The van der Waals surface area contributed by atoms with Gasteiger partial charge in [-0.25, -0.2) is 4.79 Å². The monoisotopic (exact) mass is 435 g/mol. The number of anilines is 1. The van der Waals surface area contributed by atoms with E-state index in [1.54, 1.807) is 20.8 Å². The number of hydrogen-bond donors (Lipinski definition) is 1. The maximum Gasteiger partial charge on any atom is 0.436 e. The maximum atomic E-state index is 12.9. The number of aromatic nitrogens is 4. The summed E-state index contributed by atoms with van der Waals surface area (Å²) in [5, 5.41) is 9.56. The smallest absolute Gasteiger partial charge is 0.436 e. The van der Waals surface area contributed by atoms with Crippen LogP contribution in [0.25, 0.3) is 0 Å². The van der Waals surface area contributed by atoms with Crippen LogP contribution in [-0.2, 0) is 28.8 Å². The third-order valence-corrected chi connectivity index (χ3v) is 4.30. The Morgan fingerprint density at radius 3 is 2.48 bits per heavy atom. The summed E-state index contributed by atoms with van der Waals surface area (Å²) >= 11 is 5.69. The van der Waals surface area contributed by atoms with Crippen molar-refractivity contribution in [2.24, 2.45) is 0 Å². The SMILES string of the molecule is CCn1cc(NC(=O)CCn2nc(C(F)(F)F)c(Cl)c2C)c(C(=O)OC(C)C)n1. The van der Waals surface area contributed by atoms with Crippen molar-refractivity contribution in [3.8, 4) is 0 Å². The fourth-order valence-corrected chi connectivity index (χ4v) is 2.68. The average molecular weight is 436 g/mol. The first kappa shape index (κ1) is 22.7. The number of hydrogen-bond acceptors (Lipinski definition) is 5. The highest BCUT2D eigenvalue weighted by Crippen LogP contribution is 2.35. The van der Waals surface area contributed by atoms with Crippen LogP contribution in [0.1, 0.15) is 49.1 Å². The summed E-state index contributed by atoms with van der Waals surface area (Å²) in [6, 6.07) is 0. The van der Waals surface area contributed by atoms with Gasteiger partial charge in [0.1, 0.15) is 0 Å². The molecule has 8 nitrogen and oxygen atoms in total. The maximum absolute atomic E-state index is 12.9. The van der Waals surface area contributed by atoms with Crippen molar-refractivity contribution >= 4 is 29.2 Å². The highest BCUT2D eigenvalue weighted by Gasteiger charge is 2.38. The standard InChI is InChI=1S/C17H21ClF3N5O3/c1-5-25-8-11(14(23-25)16(28)29-9(2)3)22-12(27)6-7-26-10(4)13(18)15(24-26)17(19,20)21/h8-9H,5-7H2,1-4H3,(H,22,27). The Kier molecular flexibility index (Phi) is 6.93. The molecule has 29 heavy (non-hydrogen) atoms. The van der Waals surface area contributed by atoms with Crippen LogP contribution >= 0.6 is 11.6 Å². The predicted molar refractivity (Wildman–Crippen MR) is 98.7 cm³/mol. The molecular weight excluding hydrogens is 415 g/mol. The molecule has 0 aliphatic carbocycles. The Morgan fingerprint density at radius 1 is 1.31 bits per heavy atom. The highest BCUT2D eigenvalue weighted by atomic mass is 35.5. The second kappa shape index (κ2) is 8.85. The van der Waals surface area contributed by atoms with E-state index in [9.17, 15) is 22.8 Å². The Morgan fingerprint density at radius 2 is 1.97 bits per heavy atom. The quantitative estimate of drug-likeness (QED) is 0.670. The van der Waals surface area contributed by atoms with E-state index in [0.717, 1.165) is 4.68 Å². The number of esters is 1. The second-order valence-electron chi connectivity index (χ2n) is 6.47. The van der Waals surface area contributed by atoms with Gasteiger partial charge in [0.15, 0.2) is 11.4 Å². The van der Waals surface area contributed by atoms with Gasteiger partial charge in [0.25, 0.3) is 0 Å². The van der Waals surface area contributed by atoms with Crippen LogP contribution in [0.2, 0.25) is 5.02 Å². The molecule has 0 aliphatic rings. The van der Waals surface area contributed by atoms with E-state index in [2.05, 4.69) is 15.5 Å². The number of nitrogens with zero attached hydrogens (tertiary/aromatic N) is 4. The summed E-state index contributed by atoms with van der Waals surface area (Å²) < 4.78 is 46.2. The fraction of sp³-hybridized carbons (Fsp3) is 0.529. The van der Waals surface area contributed by atoms with Gasteiger partial charge in [0.05, 0.1) is 29.1 Å². The van der Waals surface area contributed by atoms with Crippen molar-refractivity contribution in [3.63, 3.8) is 0 Å².